The van der Waals surface area contributed by atoms with E-state index in [9.17, 15) is 0 Å². The highest BCUT2D eigenvalue weighted by Crippen LogP contribution is 2.39. The van der Waals surface area contributed by atoms with E-state index < -0.39 is 31.2 Å². The van der Waals surface area contributed by atoms with Gasteiger partial charge < -0.3 is 18.0 Å². The fourth-order valence-corrected chi connectivity index (χ4v) is 6.81. The molecule has 0 aromatic heterocycles. The molecule has 0 bridgehead atoms. The van der Waals surface area contributed by atoms with E-state index in [4.69, 9.17) is 23.5 Å². The lowest BCUT2D eigenvalue weighted by atomic mass is 10.0. The highest BCUT2D eigenvalue weighted by Gasteiger charge is 2.49. The van der Waals surface area contributed by atoms with Crippen molar-refractivity contribution < 1.29 is 18.0 Å². The summed E-state index contributed by atoms with van der Waals surface area (Å²) in [4.78, 5) is 2.70. The third-order valence-electron chi connectivity index (χ3n) is 5.15. The van der Waals surface area contributed by atoms with Gasteiger partial charge in [-0.15, -0.1) is 0 Å². The van der Waals surface area contributed by atoms with Crippen LogP contribution in [0.25, 0.3) is 10.4 Å². The minimum atomic E-state index is -1.97. The van der Waals surface area contributed by atoms with Crippen molar-refractivity contribution in [1.82, 2.24) is 0 Å². The number of ether oxygens (including phenoxy) is 1. The summed E-state index contributed by atoms with van der Waals surface area (Å²) in [6.07, 6.45) is -1.59. The second kappa shape index (κ2) is 9.83. The maximum Gasteiger partial charge on any atom is 0.192 e. The van der Waals surface area contributed by atoms with Crippen molar-refractivity contribution in [2.75, 3.05) is 6.61 Å². The first-order chi connectivity index (χ1) is 12.9. The van der Waals surface area contributed by atoms with Gasteiger partial charge >= 0.3 is 0 Å². The van der Waals surface area contributed by atoms with Crippen molar-refractivity contribution in [3.63, 3.8) is 0 Å². The number of halogens is 1. The fourth-order valence-electron chi connectivity index (χ4n) is 2.76. The highest BCUT2D eigenvalue weighted by atomic mass is 79.9. The molecule has 0 aromatic rings. The second-order valence-electron chi connectivity index (χ2n) is 11.2. The van der Waals surface area contributed by atoms with Crippen LogP contribution in [0.15, 0.2) is 5.11 Å². The van der Waals surface area contributed by atoms with Crippen LogP contribution in [0.2, 0.25) is 57.4 Å². The molecule has 170 valence electrons. The molecule has 1 fully saturated rings. The van der Waals surface area contributed by atoms with Crippen LogP contribution in [0, 0.1) is 0 Å². The molecular weight excluding hydrogens is 486 g/mol. The maximum atomic E-state index is 9.04. The third-order valence-corrected chi connectivity index (χ3v) is 12.6. The predicted molar refractivity (Wildman–Crippen MR) is 130 cm³/mol. The molecular formula is C18H40BrN3O4Si3. The van der Waals surface area contributed by atoms with Crippen molar-refractivity contribution in [1.29, 1.82) is 0 Å². The van der Waals surface area contributed by atoms with Gasteiger partial charge in [-0.2, -0.15) is 0 Å². The molecule has 1 aliphatic heterocycles. The molecule has 0 N–H and O–H groups in total. The Morgan fingerprint density at radius 2 is 1.45 bits per heavy atom. The molecule has 0 amide bonds. The third kappa shape index (κ3) is 8.38. The van der Waals surface area contributed by atoms with E-state index in [0.29, 0.717) is 6.61 Å². The van der Waals surface area contributed by atoms with Gasteiger partial charge in [0.2, 0.25) is 0 Å². The van der Waals surface area contributed by atoms with Crippen molar-refractivity contribution in [3.05, 3.63) is 10.4 Å². The molecule has 11 heteroatoms. The monoisotopic (exact) mass is 525 g/mol. The zero-order valence-corrected chi connectivity index (χ0v) is 24.5. The summed E-state index contributed by atoms with van der Waals surface area (Å²) >= 11 is 3.68. The zero-order valence-electron chi connectivity index (χ0n) is 19.9. The van der Waals surface area contributed by atoms with Gasteiger partial charge in [0.05, 0.1) is 23.6 Å². The van der Waals surface area contributed by atoms with Crippen LogP contribution < -0.4 is 0 Å². The number of alkyl halides is 1. The molecule has 0 saturated carbocycles. The fraction of sp³-hybridized carbons (Fsp3) is 1.00. The van der Waals surface area contributed by atoms with E-state index in [-0.39, 0.29) is 28.2 Å². The molecule has 29 heavy (non-hydrogen) atoms. The van der Waals surface area contributed by atoms with E-state index in [0.717, 1.165) is 0 Å². The van der Waals surface area contributed by atoms with E-state index in [1.165, 1.54) is 0 Å². The van der Waals surface area contributed by atoms with Crippen molar-refractivity contribution in [2.45, 2.75) is 108 Å². The lowest BCUT2D eigenvalue weighted by Crippen LogP contribution is -2.62. The summed E-state index contributed by atoms with van der Waals surface area (Å²) < 4.78 is 25.8. The minimum Gasteiger partial charge on any atom is -0.414 e. The zero-order chi connectivity index (χ0) is 22.8. The van der Waals surface area contributed by atoms with Gasteiger partial charge in [0.1, 0.15) is 6.10 Å². The Balaban J connectivity index is 3.25. The molecule has 1 rings (SSSR count). The van der Waals surface area contributed by atoms with Crippen molar-refractivity contribution in [3.8, 4) is 0 Å². The topological polar surface area (TPSA) is 85.7 Å². The average molecular weight is 527 g/mol. The molecule has 1 heterocycles. The molecule has 1 aliphatic rings. The summed E-state index contributed by atoms with van der Waals surface area (Å²) in [5.41, 5.74) is 9.04. The van der Waals surface area contributed by atoms with Crippen LogP contribution in [0.4, 0.5) is 0 Å². The first-order valence-electron chi connectivity index (χ1n) is 10.2. The number of rotatable bonds is 8. The first kappa shape index (κ1) is 27.3. The Bertz CT molecular complexity index is 599. The van der Waals surface area contributed by atoms with Crippen LogP contribution in [0.5, 0.6) is 0 Å². The van der Waals surface area contributed by atoms with E-state index in [2.05, 4.69) is 99.1 Å². The highest BCUT2D eigenvalue weighted by molar-refractivity contribution is 9.09. The van der Waals surface area contributed by atoms with Crippen LogP contribution in [0.3, 0.4) is 0 Å². The first-order valence-corrected chi connectivity index (χ1v) is 20.9. The van der Waals surface area contributed by atoms with Gasteiger partial charge in [-0.05, 0) is 62.9 Å². The molecule has 0 radical (unpaired) electrons. The SMILES string of the molecule is CC(C)(C)[Si](C)(C)OC[C@H]1O[C@@H](N=[N+]=[N-])[C@H](Br)[C@@H](O[Si](C)(C)C)[C@H]1O[Si](C)(C)C. The summed E-state index contributed by atoms with van der Waals surface area (Å²) in [5, 5.41) is 3.97. The van der Waals surface area contributed by atoms with Crippen molar-refractivity contribution in [2.24, 2.45) is 5.11 Å². The minimum absolute atomic E-state index is 0.0905. The Kier molecular flexibility index (Phi) is 9.26. The molecule has 0 spiro atoms. The number of nitrogens with zero attached hydrogens (tertiary/aromatic N) is 3. The molecule has 0 unspecified atom stereocenters. The molecule has 5 atom stereocenters. The number of hydrogen-bond donors (Lipinski definition) is 0. The van der Waals surface area contributed by atoms with Gasteiger partial charge in [0.15, 0.2) is 31.2 Å². The lowest BCUT2D eigenvalue weighted by molar-refractivity contribution is -0.160. The second-order valence-corrected chi connectivity index (χ2v) is 26.0. The lowest BCUT2D eigenvalue weighted by Gasteiger charge is -2.48. The van der Waals surface area contributed by atoms with Crippen molar-refractivity contribution >= 4 is 40.9 Å². The van der Waals surface area contributed by atoms with Gasteiger partial charge in [-0.1, -0.05) is 41.8 Å². The predicted octanol–water partition coefficient (Wildman–Crippen LogP) is 6.25. The van der Waals surface area contributed by atoms with Crippen LogP contribution in [0.1, 0.15) is 20.8 Å². The molecule has 7 nitrogen and oxygen atoms in total. The largest absolute Gasteiger partial charge is 0.414 e. The quantitative estimate of drug-likeness (QED) is 0.123. The maximum absolute atomic E-state index is 9.04. The Labute approximate surface area is 188 Å². The van der Waals surface area contributed by atoms with Crippen LogP contribution >= 0.6 is 15.9 Å². The summed E-state index contributed by atoms with van der Waals surface area (Å²) in [6.45, 7) is 24.4. The smallest absolute Gasteiger partial charge is 0.192 e. The molecule has 1 saturated heterocycles. The average Bonchev–Trinajstić information content (AvgIpc) is 2.49. The molecule has 0 aromatic carbocycles. The van der Waals surface area contributed by atoms with Gasteiger partial charge in [0, 0.05) is 4.91 Å². The van der Waals surface area contributed by atoms with E-state index in [1.54, 1.807) is 0 Å². The van der Waals surface area contributed by atoms with Crippen LogP contribution in [-0.4, -0.2) is 60.9 Å². The van der Waals surface area contributed by atoms with Crippen LogP contribution in [-0.2, 0) is 18.0 Å². The summed E-state index contributed by atoms with van der Waals surface area (Å²) in [6, 6.07) is 0. The van der Waals surface area contributed by atoms with Gasteiger partial charge in [-0.3, -0.25) is 0 Å². The normalized spacial score (nSPS) is 29.4. The van der Waals surface area contributed by atoms with Gasteiger partial charge in [0.25, 0.3) is 0 Å². The summed E-state index contributed by atoms with van der Waals surface area (Å²) in [5.74, 6) is 0. The Hall–Kier alpha value is 0.281. The standard InChI is InChI=1S/C18H40BrN3O4Si3/c1-18(2,3)29(10,11)23-12-13-15(25-27(4,5)6)16(26-28(7,8)9)14(19)17(24-13)21-22-20/h13-17H,12H2,1-11H3/t13-,14-,15+,16-,17-/m1/s1. The Morgan fingerprint density at radius 3 is 1.86 bits per heavy atom. The summed E-state index contributed by atoms with van der Waals surface area (Å²) in [7, 11) is -5.77. The number of hydrogen-bond acceptors (Lipinski definition) is 5. The Morgan fingerprint density at radius 1 is 0.966 bits per heavy atom. The van der Waals surface area contributed by atoms with E-state index >= 15 is 0 Å². The number of azide groups is 1. The molecule has 0 aliphatic carbocycles. The van der Waals surface area contributed by atoms with Gasteiger partial charge in [-0.25, -0.2) is 0 Å². The van der Waals surface area contributed by atoms with E-state index in [1.807, 2.05) is 0 Å².